The van der Waals surface area contributed by atoms with E-state index in [1.807, 2.05) is 0 Å². The van der Waals surface area contributed by atoms with Gasteiger partial charge in [-0.25, -0.2) is 4.63 Å². The highest BCUT2D eigenvalue weighted by atomic mass is 16.6. The fourth-order valence-electron chi connectivity index (χ4n) is 2.50. The predicted molar refractivity (Wildman–Crippen MR) is 87.9 cm³/mol. The molecule has 1 aliphatic rings. The van der Waals surface area contributed by atoms with Crippen LogP contribution in [0.2, 0.25) is 0 Å². The quantitative estimate of drug-likeness (QED) is 0.794. The van der Waals surface area contributed by atoms with Gasteiger partial charge in [-0.05, 0) is 36.6 Å². The number of anilines is 1. The summed E-state index contributed by atoms with van der Waals surface area (Å²) in [7, 11) is 3.07. The van der Waals surface area contributed by atoms with Gasteiger partial charge in [0.05, 0.1) is 14.2 Å². The average Bonchev–Trinajstić information content (AvgIpc) is 3.11. The van der Waals surface area contributed by atoms with Crippen LogP contribution in [0.1, 0.15) is 24.2 Å². The van der Waals surface area contributed by atoms with Crippen LogP contribution < -0.4 is 14.8 Å². The number of hydrogen-bond acceptors (Lipinski definition) is 8. The Balaban J connectivity index is 1.56. The zero-order chi connectivity index (χ0) is 17.6. The van der Waals surface area contributed by atoms with E-state index >= 15 is 0 Å². The van der Waals surface area contributed by atoms with E-state index in [1.165, 1.54) is 7.11 Å². The molecular formula is C16H18N4O5. The van der Waals surface area contributed by atoms with Crippen LogP contribution >= 0.6 is 0 Å². The van der Waals surface area contributed by atoms with Crippen LogP contribution in [0.15, 0.2) is 28.0 Å². The van der Waals surface area contributed by atoms with Gasteiger partial charge in [0.25, 0.3) is 5.91 Å². The molecule has 1 amide bonds. The zero-order valence-electron chi connectivity index (χ0n) is 13.9. The Kier molecular flexibility index (Phi) is 5.12. The number of aromatic nitrogens is 2. The van der Waals surface area contributed by atoms with Gasteiger partial charge in [0.2, 0.25) is 0 Å². The second kappa shape index (κ2) is 7.65. The SMILES string of the molecule is COc1ccc(NC(=O)CO/N=C2\CCCc3nonc32)cc1OC. The van der Waals surface area contributed by atoms with Crippen LogP contribution in [0, 0.1) is 0 Å². The number of methoxy groups -OCH3 is 2. The van der Waals surface area contributed by atoms with Gasteiger partial charge in [-0.1, -0.05) is 10.3 Å². The number of amides is 1. The molecule has 0 atom stereocenters. The molecule has 0 aliphatic heterocycles. The zero-order valence-corrected chi connectivity index (χ0v) is 13.9. The van der Waals surface area contributed by atoms with Gasteiger partial charge in [0, 0.05) is 11.8 Å². The van der Waals surface area contributed by atoms with E-state index in [4.69, 9.17) is 18.9 Å². The van der Waals surface area contributed by atoms with Gasteiger partial charge in [0.1, 0.15) is 11.4 Å². The number of ether oxygens (including phenoxy) is 2. The molecule has 0 spiro atoms. The number of benzene rings is 1. The average molecular weight is 346 g/mol. The van der Waals surface area contributed by atoms with Gasteiger partial charge < -0.3 is 19.6 Å². The first kappa shape index (κ1) is 16.7. The van der Waals surface area contributed by atoms with Gasteiger partial charge >= 0.3 is 0 Å². The molecule has 3 rings (SSSR count). The number of carbonyl (C=O) groups excluding carboxylic acids is 1. The summed E-state index contributed by atoms with van der Waals surface area (Å²) in [5.74, 6) is 0.762. The lowest BCUT2D eigenvalue weighted by Crippen LogP contribution is -2.18. The molecular weight excluding hydrogens is 328 g/mol. The Hall–Kier alpha value is -3.10. The number of nitrogens with zero attached hydrogens (tertiary/aromatic N) is 3. The minimum atomic E-state index is -0.342. The molecule has 0 bridgehead atoms. The predicted octanol–water partition coefficient (Wildman–Crippen LogP) is 1.78. The van der Waals surface area contributed by atoms with E-state index in [2.05, 4.69) is 20.8 Å². The van der Waals surface area contributed by atoms with Crippen molar-refractivity contribution in [1.82, 2.24) is 10.3 Å². The number of rotatable bonds is 6. The summed E-state index contributed by atoms with van der Waals surface area (Å²) in [4.78, 5) is 17.1. The molecule has 1 heterocycles. The van der Waals surface area contributed by atoms with Gasteiger partial charge in [-0.2, -0.15) is 0 Å². The van der Waals surface area contributed by atoms with Crippen LogP contribution in [-0.2, 0) is 16.1 Å². The van der Waals surface area contributed by atoms with E-state index < -0.39 is 0 Å². The van der Waals surface area contributed by atoms with E-state index in [0.29, 0.717) is 35.0 Å². The Labute approximate surface area is 143 Å². The second-order valence-electron chi connectivity index (χ2n) is 5.34. The highest BCUT2D eigenvalue weighted by molar-refractivity contribution is 6.00. The summed E-state index contributed by atoms with van der Waals surface area (Å²) in [5, 5.41) is 14.3. The highest BCUT2D eigenvalue weighted by Crippen LogP contribution is 2.29. The Bertz CT molecular complexity index is 787. The molecule has 0 radical (unpaired) electrons. The number of oxime groups is 1. The van der Waals surface area contributed by atoms with Gasteiger partial charge in [0.15, 0.2) is 23.8 Å². The van der Waals surface area contributed by atoms with Crippen LogP contribution in [0.5, 0.6) is 11.5 Å². The van der Waals surface area contributed by atoms with Crippen molar-refractivity contribution in [3.05, 3.63) is 29.6 Å². The largest absolute Gasteiger partial charge is 0.493 e. The van der Waals surface area contributed by atoms with E-state index in [9.17, 15) is 4.79 Å². The van der Waals surface area contributed by atoms with Crippen LogP contribution in [0.4, 0.5) is 5.69 Å². The van der Waals surface area contributed by atoms with E-state index in [0.717, 1.165) is 18.5 Å². The Morgan fingerprint density at radius 1 is 1.24 bits per heavy atom. The van der Waals surface area contributed by atoms with Crippen molar-refractivity contribution in [3.8, 4) is 11.5 Å². The van der Waals surface area contributed by atoms with Crippen molar-refractivity contribution in [2.75, 3.05) is 26.1 Å². The van der Waals surface area contributed by atoms with Gasteiger partial charge in [-0.3, -0.25) is 4.79 Å². The third kappa shape index (κ3) is 3.87. The molecule has 132 valence electrons. The summed E-state index contributed by atoms with van der Waals surface area (Å²) in [5.41, 5.74) is 2.58. The first-order valence-corrected chi connectivity index (χ1v) is 7.73. The van der Waals surface area contributed by atoms with Crippen molar-refractivity contribution in [1.29, 1.82) is 0 Å². The van der Waals surface area contributed by atoms with E-state index in [-0.39, 0.29) is 12.5 Å². The first-order valence-electron chi connectivity index (χ1n) is 7.73. The molecule has 0 fully saturated rings. The number of carbonyl (C=O) groups is 1. The fraction of sp³-hybridized carbons (Fsp3) is 0.375. The minimum Gasteiger partial charge on any atom is -0.493 e. The highest BCUT2D eigenvalue weighted by Gasteiger charge is 2.21. The maximum absolute atomic E-state index is 12.0. The summed E-state index contributed by atoms with van der Waals surface area (Å²) in [6.45, 7) is -0.224. The lowest BCUT2D eigenvalue weighted by Gasteiger charge is -2.11. The molecule has 0 saturated carbocycles. The number of nitrogens with one attached hydrogen (secondary N) is 1. The van der Waals surface area contributed by atoms with Gasteiger partial charge in [-0.15, -0.1) is 0 Å². The standard InChI is InChI=1S/C16H18N4O5/c1-22-13-7-6-10(8-14(13)23-2)17-15(21)9-24-18-11-4-3-5-12-16(11)20-25-19-12/h6-8H,3-5,9H2,1-2H3,(H,17,21)/b18-11+. The summed E-state index contributed by atoms with van der Waals surface area (Å²) < 4.78 is 15.1. The lowest BCUT2D eigenvalue weighted by atomic mass is 9.99. The third-order valence-electron chi connectivity index (χ3n) is 3.69. The number of hydrogen-bond donors (Lipinski definition) is 1. The minimum absolute atomic E-state index is 0.224. The summed E-state index contributed by atoms with van der Waals surface area (Å²) in [6.07, 6.45) is 2.40. The smallest absolute Gasteiger partial charge is 0.265 e. The Morgan fingerprint density at radius 3 is 2.88 bits per heavy atom. The van der Waals surface area contributed by atoms with Crippen LogP contribution in [0.3, 0.4) is 0 Å². The van der Waals surface area contributed by atoms with Crippen LogP contribution in [-0.4, -0.2) is 42.8 Å². The maximum Gasteiger partial charge on any atom is 0.265 e. The molecule has 0 unspecified atom stereocenters. The maximum atomic E-state index is 12.0. The fourth-order valence-corrected chi connectivity index (χ4v) is 2.50. The van der Waals surface area contributed by atoms with Crippen molar-refractivity contribution in [2.24, 2.45) is 5.16 Å². The topological polar surface area (TPSA) is 108 Å². The molecule has 1 aliphatic carbocycles. The van der Waals surface area contributed by atoms with Crippen molar-refractivity contribution < 1.29 is 23.7 Å². The normalized spacial score (nSPS) is 14.7. The number of fused-ring (bicyclic) bond motifs is 1. The number of aryl methyl sites for hydroxylation is 1. The summed E-state index contributed by atoms with van der Waals surface area (Å²) >= 11 is 0. The molecule has 25 heavy (non-hydrogen) atoms. The molecule has 9 heteroatoms. The first-order chi connectivity index (χ1) is 12.2. The lowest BCUT2D eigenvalue weighted by molar-refractivity contribution is -0.120. The van der Waals surface area contributed by atoms with Crippen LogP contribution in [0.25, 0.3) is 0 Å². The monoisotopic (exact) mass is 346 g/mol. The molecule has 1 N–H and O–H groups in total. The van der Waals surface area contributed by atoms with Crippen molar-refractivity contribution in [2.45, 2.75) is 19.3 Å². The molecule has 9 nitrogen and oxygen atoms in total. The Morgan fingerprint density at radius 2 is 2.08 bits per heavy atom. The molecule has 2 aromatic rings. The molecule has 0 saturated heterocycles. The third-order valence-corrected chi connectivity index (χ3v) is 3.69. The van der Waals surface area contributed by atoms with E-state index in [1.54, 1.807) is 25.3 Å². The molecule has 1 aromatic heterocycles. The van der Waals surface area contributed by atoms with Crippen molar-refractivity contribution >= 4 is 17.3 Å². The summed E-state index contributed by atoms with van der Waals surface area (Å²) in [6, 6.07) is 5.08. The molecule has 1 aromatic carbocycles. The second-order valence-corrected chi connectivity index (χ2v) is 5.34. The van der Waals surface area contributed by atoms with Crippen molar-refractivity contribution in [3.63, 3.8) is 0 Å².